The number of carbonyl (C=O) groups excluding carboxylic acids is 2. The molecule has 1 heterocycles. The average molecular weight is 431 g/mol. The second-order valence-electron chi connectivity index (χ2n) is 8.32. The number of nitrogens with zero attached hydrogens (tertiary/aromatic N) is 4. The van der Waals surface area contributed by atoms with Crippen LogP contribution in [0.15, 0.2) is 42.5 Å². The molecule has 0 unspecified atom stereocenters. The van der Waals surface area contributed by atoms with E-state index in [1.54, 1.807) is 14.0 Å². The van der Waals surface area contributed by atoms with Gasteiger partial charge in [0.05, 0.1) is 34.7 Å². The Bertz CT molecular complexity index is 1220. The van der Waals surface area contributed by atoms with Gasteiger partial charge in [-0.1, -0.05) is 18.2 Å². The van der Waals surface area contributed by atoms with Gasteiger partial charge in [-0.15, -0.1) is 0 Å². The monoisotopic (exact) mass is 430 g/mol. The van der Waals surface area contributed by atoms with E-state index in [9.17, 15) is 9.59 Å². The van der Waals surface area contributed by atoms with Crippen LogP contribution in [0.1, 0.15) is 42.3 Å². The van der Waals surface area contributed by atoms with Gasteiger partial charge in [0.25, 0.3) is 0 Å². The van der Waals surface area contributed by atoms with Gasteiger partial charge < -0.3 is 14.2 Å². The van der Waals surface area contributed by atoms with E-state index < -0.39 is 11.4 Å². The quantitative estimate of drug-likeness (QED) is 0.538. The molecule has 0 spiro atoms. The minimum absolute atomic E-state index is 0.0466. The lowest BCUT2D eigenvalue weighted by Gasteiger charge is -2.23. The Morgan fingerprint density at radius 3 is 2.56 bits per heavy atom. The summed E-state index contributed by atoms with van der Waals surface area (Å²) in [7, 11) is 3.63. The summed E-state index contributed by atoms with van der Waals surface area (Å²) in [5.74, 6) is 0.461. The molecule has 164 valence electrons. The number of benzene rings is 2. The van der Waals surface area contributed by atoms with Crippen molar-refractivity contribution in [2.45, 2.75) is 31.6 Å². The molecule has 7 nitrogen and oxygen atoms in total. The van der Waals surface area contributed by atoms with Gasteiger partial charge in [0, 0.05) is 20.5 Å². The van der Waals surface area contributed by atoms with E-state index in [0.29, 0.717) is 18.6 Å². The van der Waals surface area contributed by atoms with Gasteiger partial charge in [0.1, 0.15) is 12.4 Å². The van der Waals surface area contributed by atoms with Crippen molar-refractivity contribution < 1.29 is 14.3 Å². The molecule has 1 aromatic heterocycles. The van der Waals surface area contributed by atoms with E-state index in [1.165, 1.54) is 4.90 Å². The maximum Gasteiger partial charge on any atom is 0.325 e. The van der Waals surface area contributed by atoms with Crippen molar-refractivity contribution in [2.24, 2.45) is 7.05 Å². The van der Waals surface area contributed by atoms with Crippen molar-refractivity contribution in [3.05, 3.63) is 65.0 Å². The standard InChI is InChI=1S/C25H26N4O3/c1-4-32-23(30)16-28(2)24(31)25(11-12-25)19-9-10-21-20(14-19)27-22(29(21)3)13-17-5-7-18(15-26)8-6-17/h5-10,14H,4,11-13,16H2,1-3H3. The number of amides is 1. The lowest BCUT2D eigenvalue weighted by Crippen LogP contribution is -2.40. The van der Waals surface area contributed by atoms with Gasteiger partial charge in [-0.3, -0.25) is 9.59 Å². The fraction of sp³-hybridized carbons (Fsp3) is 0.360. The van der Waals surface area contributed by atoms with Crippen LogP contribution in [-0.4, -0.2) is 46.5 Å². The fourth-order valence-electron chi connectivity index (χ4n) is 4.17. The van der Waals surface area contributed by atoms with Crippen LogP contribution >= 0.6 is 0 Å². The number of esters is 1. The number of aryl methyl sites for hydroxylation is 1. The SMILES string of the molecule is CCOC(=O)CN(C)C(=O)C1(c2ccc3c(c2)nc(Cc2ccc(C#N)cc2)n3C)CC1. The van der Waals surface area contributed by atoms with E-state index >= 15 is 0 Å². The maximum atomic E-state index is 13.1. The Kier molecular flexibility index (Phi) is 5.70. The van der Waals surface area contributed by atoms with Gasteiger partial charge in [-0.25, -0.2) is 4.98 Å². The number of ether oxygens (including phenoxy) is 1. The normalized spacial score (nSPS) is 14.1. The van der Waals surface area contributed by atoms with Crippen LogP contribution in [0, 0.1) is 11.3 Å². The Labute approximate surface area is 187 Å². The first kappa shape index (κ1) is 21.6. The highest BCUT2D eigenvalue weighted by Crippen LogP contribution is 2.50. The van der Waals surface area contributed by atoms with Crippen LogP contribution in [0.5, 0.6) is 0 Å². The predicted molar refractivity (Wildman–Crippen MR) is 120 cm³/mol. The van der Waals surface area contributed by atoms with Gasteiger partial charge in [-0.05, 0) is 55.2 Å². The lowest BCUT2D eigenvalue weighted by molar-refractivity contribution is -0.148. The smallest absolute Gasteiger partial charge is 0.325 e. The number of carbonyl (C=O) groups is 2. The minimum Gasteiger partial charge on any atom is -0.465 e. The zero-order chi connectivity index (χ0) is 22.9. The molecule has 1 fully saturated rings. The first-order valence-electron chi connectivity index (χ1n) is 10.7. The molecule has 0 saturated heterocycles. The molecular weight excluding hydrogens is 404 g/mol. The summed E-state index contributed by atoms with van der Waals surface area (Å²) in [5.41, 5.74) is 3.92. The van der Waals surface area contributed by atoms with Crippen molar-refractivity contribution >= 4 is 22.9 Å². The Hall–Kier alpha value is -3.66. The third-order valence-electron chi connectivity index (χ3n) is 6.15. The average Bonchev–Trinajstić information content (AvgIpc) is 3.54. The Morgan fingerprint density at radius 2 is 1.94 bits per heavy atom. The molecule has 0 radical (unpaired) electrons. The van der Waals surface area contributed by atoms with Gasteiger partial charge in [0.15, 0.2) is 0 Å². The first-order chi connectivity index (χ1) is 15.4. The summed E-state index contributed by atoms with van der Waals surface area (Å²) in [6.45, 7) is 2.00. The van der Waals surface area contributed by atoms with E-state index in [-0.39, 0.29) is 12.5 Å². The number of nitriles is 1. The summed E-state index contributed by atoms with van der Waals surface area (Å²) >= 11 is 0. The van der Waals surface area contributed by atoms with E-state index in [1.807, 2.05) is 49.5 Å². The highest BCUT2D eigenvalue weighted by Gasteiger charge is 2.52. The zero-order valence-corrected chi connectivity index (χ0v) is 18.6. The largest absolute Gasteiger partial charge is 0.465 e. The summed E-state index contributed by atoms with van der Waals surface area (Å²) in [5, 5.41) is 8.98. The van der Waals surface area contributed by atoms with Crippen LogP contribution in [0.3, 0.4) is 0 Å². The summed E-state index contributed by atoms with van der Waals surface area (Å²) in [6.07, 6.45) is 2.17. The van der Waals surface area contributed by atoms with E-state index in [2.05, 4.69) is 10.6 Å². The fourth-order valence-corrected chi connectivity index (χ4v) is 4.17. The molecule has 32 heavy (non-hydrogen) atoms. The lowest BCUT2D eigenvalue weighted by atomic mass is 9.94. The molecule has 7 heteroatoms. The summed E-state index contributed by atoms with van der Waals surface area (Å²) in [6, 6.07) is 15.7. The summed E-state index contributed by atoms with van der Waals surface area (Å²) in [4.78, 5) is 31.2. The maximum absolute atomic E-state index is 13.1. The topological polar surface area (TPSA) is 88.2 Å². The Morgan fingerprint density at radius 1 is 1.22 bits per heavy atom. The molecule has 3 aromatic rings. The van der Waals surface area contributed by atoms with Gasteiger partial charge in [-0.2, -0.15) is 5.26 Å². The van der Waals surface area contributed by atoms with Gasteiger partial charge in [0.2, 0.25) is 5.91 Å². The van der Waals surface area contributed by atoms with E-state index in [4.69, 9.17) is 15.0 Å². The summed E-state index contributed by atoms with van der Waals surface area (Å²) < 4.78 is 7.04. The van der Waals surface area contributed by atoms with Crippen LogP contribution in [-0.2, 0) is 33.2 Å². The molecule has 1 amide bonds. The van der Waals surface area contributed by atoms with Crippen molar-refractivity contribution in [1.82, 2.24) is 14.5 Å². The zero-order valence-electron chi connectivity index (χ0n) is 18.6. The van der Waals surface area contributed by atoms with Crippen LogP contribution in [0.2, 0.25) is 0 Å². The minimum atomic E-state index is -0.583. The van der Waals surface area contributed by atoms with Crippen molar-refractivity contribution in [3.63, 3.8) is 0 Å². The highest BCUT2D eigenvalue weighted by atomic mass is 16.5. The number of hydrogen-bond acceptors (Lipinski definition) is 5. The molecular formula is C25H26N4O3. The van der Waals surface area contributed by atoms with Crippen LogP contribution < -0.4 is 0 Å². The molecule has 0 atom stereocenters. The number of fused-ring (bicyclic) bond motifs is 1. The second kappa shape index (κ2) is 8.46. The number of aromatic nitrogens is 2. The molecule has 1 aliphatic carbocycles. The number of hydrogen-bond donors (Lipinski definition) is 0. The third kappa shape index (κ3) is 3.96. The molecule has 0 N–H and O–H groups in total. The highest BCUT2D eigenvalue weighted by molar-refractivity contribution is 5.94. The van der Waals surface area contributed by atoms with Crippen LogP contribution in [0.4, 0.5) is 0 Å². The molecule has 2 aromatic carbocycles. The van der Waals surface area contributed by atoms with E-state index in [0.717, 1.165) is 40.8 Å². The predicted octanol–water partition coefficient (Wildman–Crippen LogP) is 3.09. The molecule has 0 bridgehead atoms. The van der Waals surface area contributed by atoms with Gasteiger partial charge >= 0.3 is 5.97 Å². The van der Waals surface area contributed by atoms with Crippen molar-refractivity contribution in [1.29, 1.82) is 5.26 Å². The molecule has 1 saturated carbocycles. The van der Waals surface area contributed by atoms with Crippen LogP contribution in [0.25, 0.3) is 11.0 Å². The molecule has 4 rings (SSSR count). The number of likely N-dealkylation sites (N-methyl/N-ethyl adjacent to an activating group) is 1. The Balaban J connectivity index is 1.57. The third-order valence-corrected chi connectivity index (χ3v) is 6.15. The van der Waals surface area contributed by atoms with Crippen molar-refractivity contribution in [2.75, 3.05) is 20.2 Å². The van der Waals surface area contributed by atoms with Crippen molar-refractivity contribution in [3.8, 4) is 6.07 Å². The molecule has 0 aliphatic heterocycles. The second-order valence-corrected chi connectivity index (χ2v) is 8.32. The number of imidazole rings is 1. The first-order valence-corrected chi connectivity index (χ1v) is 10.7. The number of rotatable bonds is 7. The molecule has 1 aliphatic rings.